The summed E-state index contributed by atoms with van der Waals surface area (Å²) in [6.07, 6.45) is 0. The second-order valence-corrected chi connectivity index (χ2v) is 2.63. The highest BCUT2D eigenvalue weighted by Crippen LogP contribution is 1.99. The molecule has 0 aliphatic heterocycles. The van der Waals surface area contributed by atoms with Crippen LogP contribution >= 0.6 is 0 Å². The van der Waals surface area contributed by atoms with Gasteiger partial charge in [-0.1, -0.05) is 0 Å². The monoisotopic (exact) mass is 194 g/mol. The lowest BCUT2D eigenvalue weighted by atomic mass is 10.5. The molecule has 14 heavy (non-hydrogen) atoms. The van der Waals surface area contributed by atoms with Crippen molar-refractivity contribution in [2.45, 2.75) is 0 Å². The number of rotatable bonds is 1. The average molecular weight is 194 g/mol. The molecule has 6 N–H and O–H groups in total. The summed E-state index contributed by atoms with van der Waals surface area (Å²) < 4.78 is 0. The van der Waals surface area contributed by atoms with E-state index in [0.29, 0.717) is 0 Å². The predicted molar refractivity (Wildman–Crippen MR) is 48.4 cm³/mol. The van der Waals surface area contributed by atoms with Crippen molar-refractivity contribution in [1.82, 2.24) is 19.9 Å². The van der Waals surface area contributed by atoms with E-state index >= 15 is 0 Å². The van der Waals surface area contributed by atoms with E-state index < -0.39 is 11.2 Å². The third kappa shape index (κ3) is 1.09. The molecule has 8 heteroatoms. The van der Waals surface area contributed by atoms with Gasteiger partial charge >= 0.3 is 5.69 Å². The molecule has 8 nitrogen and oxygen atoms in total. The molecular formula is C6H6N6O2. The largest absolute Gasteiger partial charge is 0.381 e. The van der Waals surface area contributed by atoms with Crippen LogP contribution in [0.15, 0.2) is 9.59 Å². The van der Waals surface area contributed by atoms with Gasteiger partial charge < -0.3 is 10.7 Å². The van der Waals surface area contributed by atoms with Crippen LogP contribution in [0, 0.1) is 5.41 Å². The molecule has 0 aliphatic carbocycles. The van der Waals surface area contributed by atoms with E-state index in [4.69, 9.17) is 11.1 Å². The molecule has 0 spiro atoms. The Morgan fingerprint density at radius 3 is 2.64 bits per heavy atom. The van der Waals surface area contributed by atoms with Crippen molar-refractivity contribution in [1.29, 1.82) is 5.41 Å². The summed E-state index contributed by atoms with van der Waals surface area (Å²) in [5, 5.41) is 7.07. The standard InChI is InChI=1S/C6H6N6O2/c7-2(8)4-9-1-3(10-4)11-6(14)12-5(1)13/h(H3,7,8)(H3,9,10,11,12,13,14). The highest BCUT2D eigenvalue weighted by atomic mass is 16.2. The fourth-order valence-corrected chi connectivity index (χ4v) is 1.06. The summed E-state index contributed by atoms with van der Waals surface area (Å²) in [6, 6.07) is 0. The fraction of sp³-hybridized carbons (Fsp3) is 0. The molecule has 0 atom stereocenters. The van der Waals surface area contributed by atoms with Crippen LogP contribution in [0.5, 0.6) is 0 Å². The first-order valence-corrected chi connectivity index (χ1v) is 3.64. The van der Waals surface area contributed by atoms with Crippen molar-refractivity contribution in [3.63, 3.8) is 0 Å². The van der Waals surface area contributed by atoms with Crippen LogP contribution in [0.2, 0.25) is 0 Å². The minimum Gasteiger partial charge on any atom is -0.381 e. The Morgan fingerprint density at radius 1 is 1.29 bits per heavy atom. The van der Waals surface area contributed by atoms with Gasteiger partial charge in [0, 0.05) is 0 Å². The van der Waals surface area contributed by atoms with Crippen molar-refractivity contribution in [2.75, 3.05) is 0 Å². The fourth-order valence-electron chi connectivity index (χ4n) is 1.06. The maximum Gasteiger partial charge on any atom is 0.327 e. The third-order valence-corrected chi connectivity index (χ3v) is 1.64. The normalized spacial score (nSPS) is 10.6. The van der Waals surface area contributed by atoms with Crippen LogP contribution in [-0.4, -0.2) is 25.8 Å². The lowest BCUT2D eigenvalue weighted by Gasteiger charge is -1.85. The Labute approximate surface area is 75.7 Å². The molecule has 0 radical (unpaired) electrons. The SMILES string of the molecule is N=C(N)c1nc2[nH]c(=O)[nH]c(=O)c2[nH]1. The third-order valence-electron chi connectivity index (χ3n) is 1.64. The Balaban J connectivity index is 2.90. The molecule has 2 aromatic heterocycles. The van der Waals surface area contributed by atoms with Gasteiger partial charge in [-0.3, -0.25) is 20.2 Å². The second-order valence-electron chi connectivity index (χ2n) is 2.63. The summed E-state index contributed by atoms with van der Waals surface area (Å²) in [5.74, 6) is -0.256. The van der Waals surface area contributed by atoms with Gasteiger partial charge in [-0.25, -0.2) is 9.78 Å². The molecule has 0 bridgehead atoms. The number of nitrogen functional groups attached to an aromatic ring is 1. The number of hydrogen-bond donors (Lipinski definition) is 5. The molecule has 2 rings (SSSR count). The molecule has 0 aromatic carbocycles. The number of aromatic nitrogens is 4. The van der Waals surface area contributed by atoms with Crippen molar-refractivity contribution < 1.29 is 0 Å². The van der Waals surface area contributed by atoms with Gasteiger partial charge in [0.15, 0.2) is 17.3 Å². The van der Waals surface area contributed by atoms with E-state index in [1.165, 1.54) is 0 Å². The molecule has 2 heterocycles. The number of fused-ring (bicyclic) bond motifs is 1. The van der Waals surface area contributed by atoms with Gasteiger partial charge in [-0.15, -0.1) is 0 Å². The van der Waals surface area contributed by atoms with E-state index in [0.717, 1.165) is 0 Å². The smallest absolute Gasteiger partial charge is 0.327 e. The van der Waals surface area contributed by atoms with Crippen LogP contribution in [-0.2, 0) is 0 Å². The molecule has 0 amide bonds. The van der Waals surface area contributed by atoms with Crippen molar-refractivity contribution >= 4 is 17.0 Å². The van der Waals surface area contributed by atoms with E-state index in [1.807, 2.05) is 4.98 Å². The van der Waals surface area contributed by atoms with Gasteiger partial charge in [0.05, 0.1) is 0 Å². The molecule has 72 valence electrons. The molecule has 2 aromatic rings. The Morgan fingerprint density at radius 2 is 2.00 bits per heavy atom. The number of nitrogens with zero attached hydrogens (tertiary/aromatic N) is 1. The maximum atomic E-state index is 11.2. The number of imidazole rings is 1. The van der Waals surface area contributed by atoms with Crippen LogP contribution < -0.4 is 17.0 Å². The zero-order valence-electron chi connectivity index (χ0n) is 6.84. The lowest BCUT2D eigenvalue weighted by molar-refractivity contribution is 1.07. The summed E-state index contributed by atoms with van der Waals surface area (Å²) in [5.41, 5.74) is 4.09. The first-order chi connectivity index (χ1) is 6.58. The number of H-pyrrole nitrogens is 3. The number of nitrogens with one attached hydrogen (secondary N) is 4. The lowest BCUT2D eigenvalue weighted by Crippen LogP contribution is -2.21. The zero-order chi connectivity index (χ0) is 10.3. The van der Waals surface area contributed by atoms with Crippen LogP contribution in [0.4, 0.5) is 0 Å². The van der Waals surface area contributed by atoms with Gasteiger partial charge in [-0.05, 0) is 0 Å². The highest BCUT2D eigenvalue weighted by Gasteiger charge is 2.08. The average Bonchev–Trinajstić information content (AvgIpc) is 2.47. The summed E-state index contributed by atoms with van der Waals surface area (Å²) in [4.78, 5) is 32.6. The number of amidine groups is 1. The van der Waals surface area contributed by atoms with Crippen molar-refractivity contribution in [2.24, 2.45) is 5.73 Å². The molecular weight excluding hydrogens is 188 g/mol. The van der Waals surface area contributed by atoms with E-state index in [1.54, 1.807) is 0 Å². The van der Waals surface area contributed by atoms with Gasteiger partial charge in [0.25, 0.3) is 5.56 Å². The number of aromatic amines is 3. The topological polar surface area (TPSA) is 144 Å². The molecule has 0 saturated carbocycles. The van der Waals surface area contributed by atoms with Crippen molar-refractivity contribution in [3.05, 3.63) is 26.7 Å². The Bertz CT molecular complexity index is 617. The van der Waals surface area contributed by atoms with Crippen molar-refractivity contribution in [3.8, 4) is 0 Å². The predicted octanol–water partition coefficient (Wildman–Crippen LogP) is -1.78. The Hall–Kier alpha value is -2.38. The van der Waals surface area contributed by atoms with Crippen LogP contribution in [0.1, 0.15) is 5.82 Å². The minimum absolute atomic E-state index is 0.0485. The summed E-state index contributed by atoms with van der Waals surface area (Å²) in [7, 11) is 0. The second kappa shape index (κ2) is 2.55. The maximum absolute atomic E-state index is 11.2. The molecule has 0 fully saturated rings. The highest BCUT2D eigenvalue weighted by molar-refractivity contribution is 5.93. The molecule has 0 aliphatic rings. The first kappa shape index (κ1) is 8.23. The quantitative estimate of drug-likeness (QED) is 0.270. The van der Waals surface area contributed by atoms with Crippen LogP contribution in [0.3, 0.4) is 0 Å². The first-order valence-electron chi connectivity index (χ1n) is 3.64. The van der Waals surface area contributed by atoms with E-state index in [9.17, 15) is 9.59 Å². The number of nitrogens with two attached hydrogens (primary N) is 1. The zero-order valence-corrected chi connectivity index (χ0v) is 6.84. The van der Waals surface area contributed by atoms with Gasteiger partial charge in [0.2, 0.25) is 0 Å². The number of hydrogen-bond acceptors (Lipinski definition) is 4. The van der Waals surface area contributed by atoms with Gasteiger partial charge in [0.1, 0.15) is 5.52 Å². The van der Waals surface area contributed by atoms with E-state index in [2.05, 4.69) is 15.0 Å². The van der Waals surface area contributed by atoms with Crippen LogP contribution in [0.25, 0.3) is 11.2 Å². The summed E-state index contributed by atoms with van der Waals surface area (Å²) in [6.45, 7) is 0. The van der Waals surface area contributed by atoms with E-state index in [-0.39, 0.29) is 22.8 Å². The summed E-state index contributed by atoms with van der Waals surface area (Å²) >= 11 is 0. The minimum atomic E-state index is -0.649. The molecule has 0 unspecified atom stereocenters. The van der Waals surface area contributed by atoms with Gasteiger partial charge in [-0.2, -0.15) is 0 Å². The molecule has 0 saturated heterocycles. The Kier molecular flexibility index (Phi) is 1.50.